The summed E-state index contributed by atoms with van der Waals surface area (Å²) in [5.74, 6) is -1.26. The quantitative estimate of drug-likeness (QED) is 0.316. The normalized spacial score (nSPS) is 21.8. The number of fused-ring (bicyclic) bond motifs is 1. The number of hydrogen-bond acceptors (Lipinski definition) is 7. The van der Waals surface area contributed by atoms with Crippen LogP contribution in [0.5, 0.6) is 0 Å². The van der Waals surface area contributed by atoms with Crippen molar-refractivity contribution >= 4 is 11.0 Å². The number of aromatic nitrogens is 5. The van der Waals surface area contributed by atoms with Gasteiger partial charge in [0.2, 0.25) is 0 Å². The standard InChI is InChI=1S/C29H29F2N5O3/c1-16-26(15-39-21-13-37-14-21)35-29-25(33-16)10-24(34-28(29)22-5-2-19(30)9-23(22)31)17-6-7-38-27(8-17)18-11-32-36(12-18)20-3-4-20/h2,5,9-12,17,20-21,27H,3-4,6-8,13-15H2,1H3/t17-,27+/m1/s1. The number of hydrogen-bond donors (Lipinski definition) is 0. The van der Waals surface area contributed by atoms with Crippen LogP contribution in [-0.4, -0.2) is 50.7 Å². The van der Waals surface area contributed by atoms with Gasteiger partial charge >= 0.3 is 0 Å². The average Bonchev–Trinajstić information content (AvgIpc) is 3.64. The Morgan fingerprint density at radius 3 is 2.72 bits per heavy atom. The third kappa shape index (κ3) is 4.92. The third-order valence-electron chi connectivity index (χ3n) is 7.81. The number of halogens is 2. The highest BCUT2D eigenvalue weighted by Crippen LogP contribution is 2.40. The second-order valence-corrected chi connectivity index (χ2v) is 10.7. The van der Waals surface area contributed by atoms with Gasteiger partial charge in [-0.05, 0) is 50.8 Å². The van der Waals surface area contributed by atoms with Crippen LogP contribution in [0.15, 0.2) is 36.7 Å². The molecule has 2 saturated heterocycles. The summed E-state index contributed by atoms with van der Waals surface area (Å²) in [6.45, 7) is 3.86. The highest BCUT2D eigenvalue weighted by Gasteiger charge is 2.31. The Hall–Kier alpha value is -3.34. The second-order valence-electron chi connectivity index (χ2n) is 10.7. The zero-order chi connectivity index (χ0) is 26.5. The van der Waals surface area contributed by atoms with Gasteiger partial charge in [0.15, 0.2) is 0 Å². The number of pyridine rings is 1. The van der Waals surface area contributed by atoms with E-state index in [-0.39, 0.29) is 30.3 Å². The molecule has 4 aromatic rings. The van der Waals surface area contributed by atoms with Crippen LogP contribution < -0.4 is 0 Å². The SMILES string of the molecule is Cc1nc2cc([C@@H]3CCO[C@H](c4cnn(C5CC5)c4)C3)nc(-c3ccc(F)cc3F)c2nc1COC1COC1. The maximum Gasteiger partial charge on any atom is 0.135 e. The average molecular weight is 534 g/mol. The van der Waals surface area contributed by atoms with E-state index in [4.69, 9.17) is 29.2 Å². The minimum absolute atomic E-state index is 0.0364. The summed E-state index contributed by atoms with van der Waals surface area (Å²) in [5.41, 5.74) is 4.89. The fraction of sp³-hybridized carbons (Fsp3) is 0.448. The lowest BCUT2D eigenvalue weighted by molar-refractivity contribution is -0.136. The summed E-state index contributed by atoms with van der Waals surface area (Å²) < 4.78 is 48.1. The molecule has 0 amide bonds. The van der Waals surface area contributed by atoms with Crippen molar-refractivity contribution in [2.45, 2.75) is 63.4 Å². The van der Waals surface area contributed by atoms with Crippen molar-refractivity contribution in [1.29, 1.82) is 0 Å². The molecule has 8 nitrogen and oxygen atoms in total. The van der Waals surface area contributed by atoms with Crippen LogP contribution >= 0.6 is 0 Å². The van der Waals surface area contributed by atoms with Gasteiger partial charge in [-0.1, -0.05) is 0 Å². The Morgan fingerprint density at radius 2 is 1.95 bits per heavy atom. The van der Waals surface area contributed by atoms with Crippen molar-refractivity contribution in [2.75, 3.05) is 19.8 Å². The topological polar surface area (TPSA) is 84.2 Å². The van der Waals surface area contributed by atoms with Gasteiger partial charge in [-0.15, -0.1) is 0 Å². The fourth-order valence-electron chi connectivity index (χ4n) is 5.28. The zero-order valence-corrected chi connectivity index (χ0v) is 21.6. The van der Waals surface area contributed by atoms with Crippen molar-refractivity contribution in [3.05, 3.63) is 70.9 Å². The first-order chi connectivity index (χ1) is 19.0. The Kier molecular flexibility index (Phi) is 6.33. The molecule has 0 unspecified atom stereocenters. The van der Waals surface area contributed by atoms with Crippen molar-refractivity contribution < 1.29 is 23.0 Å². The van der Waals surface area contributed by atoms with E-state index in [2.05, 4.69) is 11.3 Å². The Balaban J connectivity index is 1.26. The number of benzene rings is 1. The lowest BCUT2D eigenvalue weighted by Crippen LogP contribution is -2.36. The number of rotatable bonds is 7. The van der Waals surface area contributed by atoms with Crippen LogP contribution in [0.25, 0.3) is 22.3 Å². The van der Waals surface area contributed by atoms with E-state index in [1.165, 1.54) is 25.0 Å². The van der Waals surface area contributed by atoms with E-state index < -0.39 is 11.6 Å². The van der Waals surface area contributed by atoms with Gasteiger partial charge in [0, 0.05) is 41.6 Å². The predicted octanol–water partition coefficient (Wildman–Crippen LogP) is 5.36. The summed E-state index contributed by atoms with van der Waals surface area (Å²) in [4.78, 5) is 14.6. The number of ether oxygens (including phenoxy) is 3. The summed E-state index contributed by atoms with van der Waals surface area (Å²) in [5, 5.41) is 4.53. The number of nitrogens with zero attached hydrogens (tertiary/aromatic N) is 5. The van der Waals surface area contributed by atoms with Crippen molar-refractivity contribution in [3.8, 4) is 11.3 Å². The van der Waals surface area contributed by atoms with E-state index in [0.29, 0.717) is 48.3 Å². The van der Waals surface area contributed by atoms with Crippen molar-refractivity contribution in [2.24, 2.45) is 0 Å². The summed E-state index contributed by atoms with van der Waals surface area (Å²) in [7, 11) is 0. The Bertz CT molecular complexity index is 1540. The third-order valence-corrected chi connectivity index (χ3v) is 7.81. The first-order valence-electron chi connectivity index (χ1n) is 13.5. The summed E-state index contributed by atoms with van der Waals surface area (Å²) in [6, 6.07) is 5.99. The lowest BCUT2D eigenvalue weighted by atomic mass is 9.89. The van der Waals surface area contributed by atoms with E-state index >= 15 is 4.39 Å². The predicted molar refractivity (Wildman–Crippen MR) is 138 cm³/mol. The monoisotopic (exact) mass is 533 g/mol. The molecule has 0 bridgehead atoms. The van der Waals surface area contributed by atoms with Gasteiger partial charge in [-0.25, -0.2) is 23.7 Å². The molecule has 39 heavy (non-hydrogen) atoms. The molecule has 1 aromatic carbocycles. The van der Waals surface area contributed by atoms with E-state index in [9.17, 15) is 4.39 Å². The summed E-state index contributed by atoms with van der Waals surface area (Å²) in [6.07, 6.45) is 7.77. The van der Waals surface area contributed by atoms with Crippen molar-refractivity contribution in [3.63, 3.8) is 0 Å². The molecule has 3 aliphatic rings. The molecule has 0 radical (unpaired) electrons. The molecule has 1 saturated carbocycles. The minimum Gasteiger partial charge on any atom is -0.376 e. The van der Waals surface area contributed by atoms with Crippen LogP contribution in [0.4, 0.5) is 8.78 Å². The molecule has 5 heterocycles. The molecule has 1 aliphatic carbocycles. The molecule has 202 valence electrons. The highest BCUT2D eigenvalue weighted by molar-refractivity contribution is 5.89. The molecule has 0 spiro atoms. The molecule has 2 atom stereocenters. The first-order valence-corrected chi connectivity index (χ1v) is 13.5. The molecular formula is C29H29F2N5O3. The van der Waals surface area contributed by atoms with Gasteiger partial charge in [0.1, 0.15) is 28.9 Å². The van der Waals surface area contributed by atoms with E-state index in [0.717, 1.165) is 35.9 Å². The van der Waals surface area contributed by atoms with Crippen LogP contribution in [0.1, 0.15) is 66.4 Å². The number of aryl methyl sites for hydroxylation is 1. The van der Waals surface area contributed by atoms with Crippen LogP contribution in [0.3, 0.4) is 0 Å². The molecular weight excluding hydrogens is 504 g/mol. The van der Waals surface area contributed by atoms with Crippen LogP contribution in [-0.2, 0) is 20.8 Å². The molecule has 3 aromatic heterocycles. The van der Waals surface area contributed by atoms with Gasteiger partial charge in [0.25, 0.3) is 0 Å². The van der Waals surface area contributed by atoms with Crippen molar-refractivity contribution in [1.82, 2.24) is 24.7 Å². The minimum atomic E-state index is -0.690. The largest absolute Gasteiger partial charge is 0.376 e. The van der Waals surface area contributed by atoms with Gasteiger partial charge in [-0.2, -0.15) is 5.10 Å². The Morgan fingerprint density at radius 1 is 1.08 bits per heavy atom. The second kappa shape index (κ2) is 10.0. The van der Waals surface area contributed by atoms with Gasteiger partial charge in [-0.3, -0.25) is 4.68 Å². The van der Waals surface area contributed by atoms with E-state index in [1.54, 1.807) is 0 Å². The van der Waals surface area contributed by atoms with Crippen LogP contribution in [0.2, 0.25) is 0 Å². The molecule has 10 heteroatoms. The van der Waals surface area contributed by atoms with Gasteiger partial charge in [0.05, 0.1) is 55.1 Å². The maximum atomic E-state index is 15.1. The Labute approximate surface area is 224 Å². The maximum absolute atomic E-state index is 15.1. The van der Waals surface area contributed by atoms with Crippen LogP contribution in [0, 0.1) is 18.6 Å². The van der Waals surface area contributed by atoms with E-state index in [1.807, 2.05) is 23.9 Å². The first kappa shape index (κ1) is 24.7. The smallest absolute Gasteiger partial charge is 0.135 e. The zero-order valence-electron chi connectivity index (χ0n) is 21.6. The highest BCUT2D eigenvalue weighted by atomic mass is 19.1. The summed E-state index contributed by atoms with van der Waals surface area (Å²) >= 11 is 0. The fourth-order valence-corrected chi connectivity index (χ4v) is 5.28. The molecule has 7 rings (SSSR count). The van der Waals surface area contributed by atoms with Gasteiger partial charge < -0.3 is 14.2 Å². The lowest BCUT2D eigenvalue weighted by Gasteiger charge is -2.29. The molecule has 0 N–H and O–H groups in total. The molecule has 2 aliphatic heterocycles. The molecule has 3 fully saturated rings.